The lowest BCUT2D eigenvalue weighted by molar-refractivity contribution is -0.140. The summed E-state index contributed by atoms with van der Waals surface area (Å²) in [5, 5.41) is 4.09. The van der Waals surface area contributed by atoms with E-state index in [4.69, 9.17) is 17.0 Å². The van der Waals surface area contributed by atoms with Gasteiger partial charge in [0.15, 0.2) is 5.11 Å². The van der Waals surface area contributed by atoms with Crippen molar-refractivity contribution in [2.45, 2.75) is 24.9 Å². The zero-order valence-electron chi connectivity index (χ0n) is 16.6. The van der Waals surface area contributed by atoms with E-state index < -0.39 is 0 Å². The third-order valence-corrected chi connectivity index (χ3v) is 5.57. The lowest BCUT2D eigenvalue weighted by atomic mass is 10.0. The van der Waals surface area contributed by atoms with Gasteiger partial charge in [-0.15, -0.1) is 0 Å². The number of thiocarbonyl (C=S) groups is 1. The van der Waals surface area contributed by atoms with E-state index in [1.54, 1.807) is 12.4 Å². The Hall–Kier alpha value is -3.26. The second kappa shape index (κ2) is 9.04. The first-order chi connectivity index (χ1) is 14.7. The molecule has 1 aliphatic rings. The van der Waals surface area contributed by atoms with E-state index in [9.17, 15) is 4.79 Å². The number of pyridine rings is 2. The summed E-state index contributed by atoms with van der Waals surface area (Å²) >= 11 is 5.69. The van der Waals surface area contributed by atoms with Crippen molar-refractivity contribution in [1.29, 1.82) is 0 Å². The quantitative estimate of drug-likeness (QED) is 0.464. The van der Waals surface area contributed by atoms with Crippen molar-refractivity contribution in [3.8, 4) is 5.69 Å². The Bertz CT molecular complexity index is 1010. The molecule has 0 amide bonds. The van der Waals surface area contributed by atoms with E-state index in [-0.39, 0.29) is 18.1 Å². The number of carbonyl (C=O) groups excluding carboxylic acids is 1. The second-order valence-corrected chi connectivity index (χ2v) is 7.40. The summed E-state index contributed by atoms with van der Waals surface area (Å²) in [5.74, 6) is -0.218. The number of nitrogens with one attached hydrogen (secondary N) is 1. The van der Waals surface area contributed by atoms with Crippen LogP contribution < -0.4 is 5.32 Å². The molecule has 2 atom stereocenters. The van der Waals surface area contributed by atoms with Crippen LogP contribution in [0.2, 0.25) is 0 Å². The summed E-state index contributed by atoms with van der Waals surface area (Å²) in [6.45, 7) is 0.632. The highest BCUT2D eigenvalue weighted by Gasteiger charge is 2.41. The largest absolute Gasteiger partial charge is 0.469 e. The van der Waals surface area contributed by atoms with Gasteiger partial charge in [0.25, 0.3) is 0 Å². The van der Waals surface area contributed by atoms with Crippen LogP contribution in [0.4, 0.5) is 0 Å². The SMILES string of the molecule is COC(=O)CCCN1C(=S)N[C@H](c2ccccn2)[C@@H]1c1cccn1-c1cccnc1. The number of aromatic nitrogens is 3. The minimum atomic E-state index is -0.218. The van der Waals surface area contributed by atoms with Crippen molar-refractivity contribution in [2.75, 3.05) is 13.7 Å². The van der Waals surface area contributed by atoms with Gasteiger partial charge < -0.3 is 19.5 Å². The van der Waals surface area contributed by atoms with Crippen LogP contribution in [0.3, 0.4) is 0 Å². The van der Waals surface area contributed by atoms with Crippen LogP contribution in [-0.2, 0) is 9.53 Å². The van der Waals surface area contributed by atoms with Crippen LogP contribution in [-0.4, -0.2) is 44.2 Å². The maximum absolute atomic E-state index is 11.6. The number of methoxy groups -OCH3 is 1. The standard InChI is InChI=1S/C22H23N5O2S/c1-29-19(28)10-6-14-27-21(20(25-22(27)30)17-8-2-3-12-24-17)18-9-5-13-26(18)16-7-4-11-23-15-16/h2-5,7-9,11-13,15,20-21H,6,10,14H2,1H3,(H,25,30)/t20-,21+/m1/s1. The molecule has 3 aromatic rings. The average molecular weight is 422 g/mol. The molecule has 154 valence electrons. The maximum Gasteiger partial charge on any atom is 0.305 e. The fourth-order valence-electron chi connectivity index (χ4n) is 3.83. The van der Waals surface area contributed by atoms with Crippen molar-refractivity contribution >= 4 is 23.3 Å². The Labute approximate surface area is 180 Å². The molecule has 7 nitrogen and oxygen atoms in total. The number of nitrogens with zero attached hydrogens (tertiary/aromatic N) is 4. The maximum atomic E-state index is 11.6. The second-order valence-electron chi connectivity index (χ2n) is 7.01. The first-order valence-corrected chi connectivity index (χ1v) is 10.2. The molecule has 1 fully saturated rings. The molecule has 0 aliphatic carbocycles. The molecule has 1 N–H and O–H groups in total. The fraction of sp³-hybridized carbons (Fsp3) is 0.273. The summed E-state index contributed by atoms with van der Waals surface area (Å²) in [5.41, 5.74) is 2.97. The van der Waals surface area contributed by atoms with Crippen LogP contribution in [0, 0.1) is 0 Å². The molecular weight excluding hydrogens is 398 g/mol. The van der Waals surface area contributed by atoms with Gasteiger partial charge in [-0.3, -0.25) is 14.8 Å². The Morgan fingerprint density at radius 1 is 1.20 bits per heavy atom. The first kappa shape index (κ1) is 20.0. The van der Waals surface area contributed by atoms with Crippen LogP contribution in [0.25, 0.3) is 5.69 Å². The predicted molar refractivity (Wildman–Crippen MR) is 117 cm³/mol. The van der Waals surface area contributed by atoms with Gasteiger partial charge in [-0.05, 0) is 55.0 Å². The molecule has 1 saturated heterocycles. The van der Waals surface area contributed by atoms with Gasteiger partial charge in [-0.2, -0.15) is 0 Å². The third kappa shape index (κ3) is 4.04. The molecule has 4 rings (SSSR count). The summed E-state index contributed by atoms with van der Waals surface area (Å²) in [4.78, 5) is 22.6. The van der Waals surface area contributed by atoms with Crippen molar-refractivity contribution in [3.63, 3.8) is 0 Å². The van der Waals surface area contributed by atoms with Crippen LogP contribution in [0.15, 0.2) is 67.3 Å². The van der Waals surface area contributed by atoms with Crippen molar-refractivity contribution in [3.05, 3.63) is 78.6 Å². The van der Waals surface area contributed by atoms with E-state index >= 15 is 0 Å². The van der Waals surface area contributed by atoms with Gasteiger partial charge in [-0.25, -0.2) is 0 Å². The van der Waals surface area contributed by atoms with E-state index in [2.05, 4.69) is 30.8 Å². The van der Waals surface area contributed by atoms with Crippen molar-refractivity contribution in [2.24, 2.45) is 0 Å². The van der Waals surface area contributed by atoms with Gasteiger partial charge >= 0.3 is 5.97 Å². The predicted octanol–water partition coefficient (Wildman–Crippen LogP) is 3.19. The number of rotatable bonds is 7. The van der Waals surface area contributed by atoms with Crippen LogP contribution in [0.5, 0.6) is 0 Å². The summed E-state index contributed by atoms with van der Waals surface area (Å²) in [7, 11) is 1.41. The normalized spacial score (nSPS) is 18.3. The van der Waals surface area contributed by atoms with Gasteiger partial charge in [0.05, 0.1) is 36.8 Å². The molecule has 3 aromatic heterocycles. The van der Waals surface area contributed by atoms with Gasteiger partial charge in [0.1, 0.15) is 0 Å². The lowest BCUT2D eigenvalue weighted by Crippen LogP contribution is -2.31. The Kier molecular flexibility index (Phi) is 6.04. The first-order valence-electron chi connectivity index (χ1n) is 9.81. The molecule has 0 bridgehead atoms. The van der Waals surface area contributed by atoms with Crippen molar-refractivity contribution < 1.29 is 9.53 Å². The molecule has 30 heavy (non-hydrogen) atoms. The molecule has 1 aliphatic heterocycles. The van der Waals surface area contributed by atoms with Gasteiger partial charge in [-0.1, -0.05) is 6.07 Å². The fourth-order valence-corrected chi connectivity index (χ4v) is 4.16. The molecule has 0 saturated carbocycles. The highest BCUT2D eigenvalue weighted by molar-refractivity contribution is 7.80. The van der Waals surface area contributed by atoms with E-state index in [1.165, 1.54) is 7.11 Å². The highest BCUT2D eigenvalue weighted by atomic mass is 32.1. The Morgan fingerprint density at radius 3 is 2.83 bits per heavy atom. The summed E-state index contributed by atoms with van der Waals surface area (Å²) in [6.07, 6.45) is 8.40. The zero-order valence-corrected chi connectivity index (χ0v) is 17.5. The zero-order chi connectivity index (χ0) is 20.9. The van der Waals surface area contributed by atoms with Crippen molar-refractivity contribution in [1.82, 2.24) is 24.8 Å². The number of hydrogen-bond acceptors (Lipinski definition) is 5. The third-order valence-electron chi connectivity index (χ3n) is 5.21. The topological polar surface area (TPSA) is 72.3 Å². The summed E-state index contributed by atoms with van der Waals surface area (Å²) < 4.78 is 6.90. The molecule has 4 heterocycles. The lowest BCUT2D eigenvalue weighted by Gasteiger charge is -2.28. The number of hydrogen-bond donors (Lipinski definition) is 1. The van der Waals surface area contributed by atoms with E-state index in [0.717, 1.165) is 17.1 Å². The monoisotopic (exact) mass is 421 g/mol. The summed E-state index contributed by atoms with van der Waals surface area (Å²) in [6, 6.07) is 13.7. The molecule has 8 heteroatoms. The van der Waals surface area contributed by atoms with E-state index in [1.807, 2.05) is 48.8 Å². The van der Waals surface area contributed by atoms with Gasteiger partial charge in [0, 0.05) is 37.3 Å². The Morgan fingerprint density at radius 2 is 2.10 bits per heavy atom. The number of esters is 1. The van der Waals surface area contributed by atoms with E-state index in [0.29, 0.717) is 24.5 Å². The van der Waals surface area contributed by atoms with Gasteiger partial charge in [0.2, 0.25) is 0 Å². The molecule has 0 spiro atoms. The minimum absolute atomic E-state index is 0.0831. The number of ether oxygens (including phenoxy) is 1. The highest BCUT2D eigenvalue weighted by Crippen LogP contribution is 2.39. The minimum Gasteiger partial charge on any atom is -0.469 e. The Balaban J connectivity index is 1.70. The van der Waals surface area contributed by atoms with Crippen LogP contribution in [0.1, 0.15) is 36.3 Å². The van der Waals surface area contributed by atoms with Crippen LogP contribution >= 0.6 is 12.2 Å². The average Bonchev–Trinajstić information content (AvgIpc) is 3.39. The molecule has 0 radical (unpaired) electrons. The molecule has 0 unspecified atom stereocenters. The molecular formula is C22H23N5O2S. The number of carbonyl (C=O) groups is 1. The smallest absolute Gasteiger partial charge is 0.305 e. The molecule has 0 aromatic carbocycles.